The first-order valence-corrected chi connectivity index (χ1v) is 8.35. The fourth-order valence-corrected chi connectivity index (χ4v) is 3.00. The first kappa shape index (κ1) is 15.0. The molecule has 3 aromatic rings. The molecule has 3 heterocycles. The topological polar surface area (TPSA) is 54.8 Å². The molecule has 0 spiro atoms. The van der Waals surface area contributed by atoms with Crippen LogP contribution in [-0.4, -0.2) is 33.0 Å². The second-order valence-corrected chi connectivity index (χ2v) is 6.11. The number of rotatable bonds is 3. The van der Waals surface area contributed by atoms with Gasteiger partial charge < -0.3 is 4.90 Å². The highest BCUT2D eigenvalue weighted by Gasteiger charge is 2.14. The smallest absolute Gasteiger partial charge is 0.156 e. The average Bonchev–Trinajstić information content (AvgIpc) is 3.14. The first-order valence-electron chi connectivity index (χ1n) is 7.97. The Kier molecular flexibility index (Phi) is 4.09. The SMILES string of the molecule is Clc1cc(N2CCCC2)nc(/C=C/c2cnc3ccccc3n2)n1. The Labute approximate surface area is 145 Å². The van der Waals surface area contributed by atoms with Gasteiger partial charge in [0.25, 0.3) is 0 Å². The van der Waals surface area contributed by atoms with Crippen LogP contribution in [0.25, 0.3) is 23.2 Å². The monoisotopic (exact) mass is 337 g/mol. The summed E-state index contributed by atoms with van der Waals surface area (Å²) in [6.07, 6.45) is 7.81. The molecule has 0 amide bonds. The zero-order chi connectivity index (χ0) is 16.4. The second kappa shape index (κ2) is 6.53. The van der Waals surface area contributed by atoms with Crippen molar-refractivity contribution in [2.24, 2.45) is 0 Å². The van der Waals surface area contributed by atoms with Crippen LogP contribution in [0, 0.1) is 0 Å². The van der Waals surface area contributed by atoms with Crippen LogP contribution in [0.4, 0.5) is 5.82 Å². The lowest BCUT2D eigenvalue weighted by Crippen LogP contribution is -2.19. The molecule has 0 aliphatic carbocycles. The van der Waals surface area contributed by atoms with E-state index < -0.39 is 0 Å². The third-order valence-electron chi connectivity index (χ3n) is 4.00. The van der Waals surface area contributed by atoms with Gasteiger partial charge in [-0.05, 0) is 37.1 Å². The van der Waals surface area contributed by atoms with Crippen LogP contribution in [-0.2, 0) is 0 Å². The van der Waals surface area contributed by atoms with Gasteiger partial charge in [-0.3, -0.25) is 4.98 Å². The summed E-state index contributed by atoms with van der Waals surface area (Å²) in [7, 11) is 0. The zero-order valence-corrected chi connectivity index (χ0v) is 13.8. The predicted octanol–water partition coefficient (Wildman–Crippen LogP) is 3.84. The molecule has 120 valence electrons. The third kappa shape index (κ3) is 3.21. The van der Waals surface area contributed by atoms with Crippen molar-refractivity contribution < 1.29 is 0 Å². The van der Waals surface area contributed by atoms with Crippen LogP contribution in [0.15, 0.2) is 36.5 Å². The van der Waals surface area contributed by atoms with Crippen LogP contribution >= 0.6 is 11.6 Å². The molecule has 5 nitrogen and oxygen atoms in total. The standard InChI is InChI=1S/C18H16ClN5/c19-16-11-18(24-9-3-4-10-24)23-17(22-16)8-7-13-12-20-14-5-1-2-6-15(14)21-13/h1-2,5-8,11-12H,3-4,9-10H2/b8-7+. The van der Waals surface area contributed by atoms with E-state index in [1.807, 2.05) is 42.5 Å². The molecule has 2 aromatic heterocycles. The van der Waals surface area contributed by atoms with E-state index in [2.05, 4.69) is 24.8 Å². The Morgan fingerprint density at radius 2 is 1.75 bits per heavy atom. The van der Waals surface area contributed by atoms with Crippen molar-refractivity contribution in [2.45, 2.75) is 12.8 Å². The van der Waals surface area contributed by atoms with Gasteiger partial charge in [-0.2, -0.15) is 0 Å². The van der Waals surface area contributed by atoms with Crippen LogP contribution in [0.3, 0.4) is 0 Å². The zero-order valence-electron chi connectivity index (χ0n) is 13.1. The van der Waals surface area contributed by atoms with Crippen molar-refractivity contribution >= 4 is 40.6 Å². The lowest BCUT2D eigenvalue weighted by Gasteiger charge is -2.16. The molecule has 0 radical (unpaired) electrons. The maximum atomic E-state index is 6.15. The summed E-state index contributed by atoms with van der Waals surface area (Å²) in [4.78, 5) is 20.1. The average molecular weight is 338 g/mol. The van der Waals surface area contributed by atoms with Crippen molar-refractivity contribution in [2.75, 3.05) is 18.0 Å². The van der Waals surface area contributed by atoms with E-state index in [1.165, 1.54) is 12.8 Å². The number of nitrogens with zero attached hydrogens (tertiary/aromatic N) is 5. The van der Waals surface area contributed by atoms with Crippen molar-refractivity contribution in [3.05, 3.63) is 53.2 Å². The highest BCUT2D eigenvalue weighted by molar-refractivity contribution is 6.29. The van der Waals surface area contributed by atoms with Gasteiger partial charge in [0, 0.05) is 19.2 Å². The Balaban J connectivity index is 1.62. The summed E-state index contributed by atoms with van der Waals surface area (Å²) in [6.45, 7) is 2.04. The molecule has 4 rings (SSSR count). The van der Waals surface area contributed by atoms with E-state index >= 15 is 0 Å². The van der Waals surface area contributed by atoms with E-state index in [4.69, 9.17) is 11.6 Å². The van der Waals surface area contributed by atoms with Gasteiger partial charge in [-0.25, -0.2) is 15.0 Å². The van der Waals surface area contributed by atoms with Crippen molar-refractivity contribution in [1.82, 2.24) is 19.9 Å². The molecule has 0 unspecified atom stereocenters. The number of anilines is 1. The quantitative estimate of drug-likeness (QED) is 0.679. The molecule has 6 heteroatoms. The molecule has 24 heavy (non-hydrogen) atoms. The lowest BCUT2D eigenvalue weighted by atomic mass is 10.3. The van der Waals surface area contributed by atoms with Gasteiger partial charge in [-0.15, -0.1) is 0 Å². The van der Waals surface area contributed by atoms with E-state index in [9.17, 15) is 0 Å². The molecule has 0 atom stereocenters. The van der Waals surface area contributed by atoms with Gasteiger partial charge >= 0.3 is 0 Å². The summed E-state index contributed by atoms with van der Waals surface area (Å²) in [5.74, 6) is 1.47. The number of aromatic nitrogens is 4. The molecule has 1 saturated heterocycles. The summed E-state index contributed by atoms with van der Waals surface area (Å²) < 4.78 is 0. The summed E-state index contributed by atoms with van der Waals surface area (Å²) in [6, 6.07) is 9.61. The van der Waals surface area contributed by atoms with E-state index in [1.54, 1.807) is 6.20 Å². The molecular weight excluding hydrogens is 322 g/mol. The number of para-hydroxylation sites is 2. The van der Waals surface area contributed by atoms with Gasteiger partial charge in [0.15, 0.2) is 5.82 Å². The van der Waals surface area contributed by atoms with Crippen LogP contribution in [0.1, 0.15) is 24.4 Å². The van der Waals surface area contributed by atoms with Crippen molar-refractivity contribution in [3.8, 4) is 0 Å². The minimum absolute atomic E-state index is 0.455. The van der Waals surface area contributed by atoms with Crippen LogP contribution in [0.2, 0.25) is 5.15 Å². The highest BCUT2D eigenvalue weighted by atomic mass is 35.5. The van der Waals surface area contributed by atoms with Crippen molar-refractivity contribution in [1.29, 1.82) is 0 Å². The highest BCUT2D eigenvalue weighted by Crippen LogP contribution is 2.21. The number of hydrogen-bond acceptors (Lipinski definition) is 5. The number of fused-ring (bicyclic) bond motifs is 1. The molecule has 0 saturated carbocycles. The molecule has 0 N–H and O–H groups in total. The summed E-state index contributed by atoms with van der Waals surface area (Å²) >= 11 is 6.15. The summed E-state index contributed by atoms with van der Waals surface area (Å²) in [5, 5.41) is 0.455. The largest absolute Gasteiger partial charge is 0.356 e. The minimum Gasteiger partial charge on any atom is -0.356 e. The van der Waals surface area contributed by atoms with Crippen LogP contribution < -0.4 is 4.90 Å². The normalized spacial score (nSPS) is 14.8. The van der Waals surface area contributed by atoms with E-state index in [0.717, 1.165) is 35.6 Å². The molecule has 0 bridgehead atoms. The molecule has 1 aliphatic rings. The van der Waals surface area contributed by atoms with Gasteiger partial charge in [0.1, 0.15) is 11.0 Å². The predicted molar refractivity (Wildman–Crippen MR) is 97.0 cm³/mol. The molecule has 1 fully saturated rings. The minimum atomic E-state index is 0.455. The molecule has 1 aliphatic heterocycles. The lowest BCUT2D eigenvalue weighted by molar-refractivity contribution is 0.923. The summed E-state index contributed by atoms with van der Waals surface area (Å²) in [5.41, 5.74) is 2.51. The first-order chi connectivity index (χ1) is 11.8. The molecule has 1 aromatic carbocycles. The van der Waals surface area contributed by atoms with Crippen molar-refractivity contribution in [3.63, 3.8) is 0 Å². The van der Waals surface area contributed by atoms with Gasteiger partial charge in [-0.1, -0.05) is 23.7 Å². The van der Waals surface area contributed by atoms with Gasteiger partial charge in [0.05, 0.1) is 22.9 Å². The Bertz CT molecular complexity index is 903. The van der Waals surface area contributed by atoms with Gasteiger partial charge in [0.2, 0.25) is 0 Å². The Hall–Kier alpha value is -2.53. The molecular formula is C18H16ClN5. The second-order valence-electron chi connectivity index (χ2n) is 5.72. The maximum Gasteiger partial charge on any atom is 0.156 e. The number of hydrogen-bond donors (Lipinski definition) is 0. The van der Waals surface area contributed by atoms with E-state index in [-0.39, 0.29) is 0 Å². The fraction of sp³-hybridized carbons (Fsp3) is 0.222. The number of benzene rings is 1. The fourth-order valence-electron chi connectivity index (χ4n) is 2.82. The Morgan fingerprint density at radius 3 is 2.58 bits per heavy atom. The maximum absolute atomic E-state index is 6.15. The van der Waals surface area contributed by atoms with Crippen LogP contribution in [0.5, 0.6) is 0 Å². The Morgan fingerprint density at radius 1 is 0.958 bits per heavy atom. The van der Waals surface area contributed by atoms with E-state index in [0.29, 0.717) is 11.0 Å². The third-order valence-corrected chi connectivity index (χ3v) is 4.19. The number of halogens is 1.